The number of benzene rings is 1. The molecule has 0 aromatic heterocycles. The van der Waals surface area contributed by atoms with Crippen LogP contribution in [0.2, 0.25) is 0 Å². The van der Waals surface area contributed by atoms with Crippen LogP contribution >= 0.6 is 15.9 Å². The van der Waals surface area contributed by atoms with Crippen molar-refractivity contribution >= 4 is 27.7 Å². The van der Waals surface area contributed by atoms with E-state index < -0.39 is 23.3 Å². The predicted molar refractivity (Wildman–Crippen MR) is 66.3 cm³/mol. The van der Waals surface area contributed by atoms with Crippen molar-refractivity contribution in [2.75, 3.05) is 0 Å². The number of alkyl halides is 3. The molecule has 0 heterocycles. The second-order valence-electron chi connectivity index (χ2n) is 3.90. The molecule has 0 aliphatic carbocycles. The molecule has 19 heavy (non-hydrogen) atoms. The van der Waals surface area contributed by atoms with Crippen LogP contribution in [0.4, 0.5) is 8.78 Å². The number of Topliss-reactive ketones (excluding diaryl/α,β-unsaturated/α-hetero) is 1. The zero-order valence-electron chi connectivity index (χ0n) is 9.81. The Morgan fingerprint density at radius 2 is 1.84 bits per heavy atom. The summed E-state index contributed by atoms with van der Waals surface area (Å²) in [5, 5.41) is 18.3. The zero-order valence-corrected chi connectivity index (χ0v) is 11.4. The molecule has 2 unspecified atom stereocenters. The third-order valence-corrected chi connectivity index (χ3v) is 3.66. The molecule has 0 aliphatic rings. The van der Waals surface area contributed by atoms with Crippen LogP contribution in [0, 0.1) is 0 Å². The van der Waals surface area contributed by atoms with Gasteiger partial charge in [-0.15, -0.1) is 0 Å². The average molecular weight is 337 g/mol. The number of hydrogen-bond donors (Lipinski definition) is 2. The van der Waals surface area contributed by atoms with E-state index in [1.807, 2.05) is 0 Å². The first-order chi connectivity index (χ1) is 8.75. The van der Waals surface area contributed by atoms with Gasteiger partial charge in [0.1, 0.15) is 5.78 Å². The van der Waals surface area contributed by atoms with Gasteiger partial charge in [0, 0.05) is 5.56 Å². The topological polar surface area (TPSA) is 74.6 Å². The molecule has 2 N–H and O–H groups in total. The smallest absolute Gasteiger partial charge is 0.337 e. The quantitative estimate of drug-likeness (QED) is 0.811. The fraction of sp³-hybridized carbons (Fsp3) is 0.333. The average Bonchev–Trinajstić information content (AvgIpc) is 2.35. The summed E-state index contributed by atoms with van der Waals surface area (Å²) in [5.41, 5.74) is -0.406. The maximum absolute atomic E-state index is 12.6. The van der Waals surface area contributed by atoms with Crippen LogP contribution in [0.3, 0.4) is 0 Å². The Morgan fingerprint density at radius 3 is 2.26 bits per heavy atom. The number of aliphatic hydroxyl groups excluding tert-OH is 1. The highest BCUT2D eigenvalue weighted by Crippen LogP contribution is 2.33. The van der Waals surface area contributed by atoms with E-state index in [1.54, 1.807) is 0 Å². The van der Waals surface area contributed by atoms with E-state index >= 15 is 0 Å². The van der Waals surface area contributed by atoms with Crippen LogP contribution in [0.5, 0.6) is 0 Å². The van der Waals surface area contributed by atoms with Crippen molar-refractivity contribution in [1.82, 2.24) is 0 Å². The van der Waals surface area contributed by atoms with Gasteiger partial charge in [-0.3, -0.25) is 4.79 Å². The van der Waals surface area contributed by atoms with Crippen molar-refractivity contribution in [3.8, 4) is 0 Å². The van der Waals surface area contributed by atoms with Gasteiger partial charge in [0.05, 0.1) is 4.83 Å². The molecule has 0 bridgehead atoms. The monoisotopic (exact) mass is 336 g/mol. The van der Waals surface area contributed by atoms with E-state index in [4.69, 9.17) is 5.11 Å². The lowest BCUT2D eigenvalue weighted by molar-refractivity contribution is -0.147. The molecule has 0 aliphatic heterocycles. The number of halogens is 3. The number of carboxylic acid groups (broad SMARTS) is 1. The van der Waals surface area contributed by atoms with Gasteiger partial charge in [0.15, 0.2) is 6.10 Å². The predicted octanol–water partition coefficient (Wildman–Crippen LogP) is 2.77. The summed E-state index contributed by atoms with van der Waals surface area (Å²) in [5.74, 6) is -1.90. The lowest BCUT2D eigenvalue weighted by Gasteiger charge is -2.16. The minimum Gasteiger partial charge on any atom is -0.479 e. The lowest BCUT2D eigenvalue weighted by atomic mass is 9.96. The Kier molecular flexibility index (Phi) is 5.13. The van der Waals surface area contributed by atoms with Gasteiger partial charge in [-0.1, -0.05) is 28.1 Å². The first-order valence-corrected chi connectivity index (χ1v) is 6.14. The largest absolute Gasteiger partial charge is 0.479 e. The highest BCUT2D eigenvalue weighted by Gasteiger charge is 2.26. The number of hydrogen-bond acceptors (Lipinski definition) is 3. The molecule has 0 saturated carbocycles. The lowest BCUT2D eigenvalue weighted by Crippen LogP contribution is -2.15. The van der Waals surface area contributed by atoms with Crippen LogP contribution in [0.1, 0.15) is 41.0 Å². The van der Waals surface area contributed by atoms with Crippen LogP contribution in [0.15, 0.2) is 18.2 Å². The number of aliphatic carboxylic acids is 1. The molecule has 1 aromatic carbocycles. The molecular formula is C12H11BrF2O4. The van der Waals surface area contributed by atoms with Crippen LogP contribution < -0.4 is 0 Å². The summed E-state index contributed by atoms with van der Waals surface area (Å²) in [7, 11) is 0. The maximum Gasteiger partial charge on any atom is 0.337 e. The van der Waals surface area contributed by atoms with E-state index in [0.29, 0.717) is 0 Å². The summed E-state index contributed by atoms with van der Waals surface area (Å²) in [6.07, 6.45) is -4.62. The van der Waals surface area contributed by atoms with Crippen LogP contribution in [-0.4, -0.2) is 22.0 Å². The van der Waals surface area contributed by atoms with Crippen molar-refractivity contribution in [3.05, 3.63) is 34.9 Å². The molecule has 0 saturated heterocycles. The molecule has 7 heteroatoms. The minimum atomic E-state index is -2.75. The van der Waals surface area contributed by atoms with Gasteiger partial charge >= 0.3 is 5.97 Å². The summed E-state index contributed by atoms with van der Waals surface area (Å²) < 4.78 is 25.2. The van der Waals surface area contributed by atoms with Gasteiger partial charge < -0.3 is 10.2 Å². The number of rotatable bonds is 5. The highest BCUT2D eigenvalue weighted by molar-refractivity contribution is 9.09. The van der Waals surface area contributed by atoms with Gasteiger partial charge in [-0.2, -0.15) is 0 Å². The normalized spacial score (nSPS) is 14.2. The number of ketones is 1. The van der Waals surface area contributed by atoms with Crippen molar-refractivity contribution in [3.63, 3.8) is 0 Å². The molecule has 2 atom stereocenters. The fourth-order valence-electron chi connectivity index (χ4n) is 1.55. The number of aliphatic hydroxyl groups is 1. The first kappa shape index (κ1) is 15.7. The van der Waals surface area contributed by atoms with E-state index in [0.717, 1.165) is 18.2 Å². The van der Waals surface area contributed by atoms with E-state index in [1.165, 1.54) is 6.92 Å². The Bertz CT molecular complexity index is 505. The van der Waals surface area contributed by atoms with E-state index in [-0.39, 0.29) is 22.5 Å². The van der Waals surface area contributed by atoms with E-state index in [9.17, 15) is 23.5 Å². The van der Waals surface area contributed by atoms with Crippen molar-refractivity contribution < 1.29 is 28.6 Å². The molecule has 0 amide bonds. The summed E-state index contributed by atoms with van der Waals surface area (Å²) in [4.78, 5) is 21.1. The fourth-order valence-corrected chi connectivity index (χ4v) is 1.95. The second kappa shape index (κ2) is 6.21. The molecule has 1 rings (SSSR count). The molecule has 0 fully saturated rings. The Balaban J connectivity index is 3.38. The summed E-state index contributed by atoms with van der Waals surface area (Å²) in [6.45, 7) is 1.23. The maximum atomic E-state index is 12.6. The van der Waals surface area contributed by atoms with Crippen LogP contribution in [0.25, 0.3) is 0 Å². The standard InChI is InChI=1S/C12H11BrF2O4/c1-5(16)9(13)8-4-6(11(14)15)2-3-7(8)10(17)12(18)19/h2-4,9-11,17H,1H3,(H,18,19). The SMILES string of the molecule is CC(=O)C(Br)c1cc(C(F)F)ccc1C(O)C(=O)O. The third-order valence-electron chi connectivity index (χ3n) is 2.52. The van der Waals surface area contributed by atoms with Crippen molar-refractivity contribution in [1.29, 1.82) is 0 Å². The first-order valence-electron chi connectivity index (χ1n) is 5.23. The molecule has 1 aromatic rings. The zero-order chi connectivity index (χ0) is 14.7. The highest BCUT2D eigenvalue weighted by atomic mass is 79.9. The minimum absolute atomic E-state index is 0.0280. The molecule has 0 radical (unpaired) electrons. The van der Waals surface area contributed by atoms with Gasteiger partial charge in [0.25, 0.3) is 6.43 Å². The molecule has 104 valence electrons. The van der Waals surface area contributed by atoms with Gasteiger partial charge in [0.2, 0.25) is 0 Å². The summed E-state index contributed by atoms with van der Waals surface area (Å²) in [6, 6.07) is 3.13. The number of carbonyl (C=O) groups is 2. The molecule has 0 spiro atoms. The Morgan fingerprint density at radius 1 is 1.26 bits per heavy atom. The Labute approximate surface area is 116 Å². The summed E-state index contributed by atoms with van der Waals surface area (Å²) >= 11 is 3.00. The molecule has 4 nitrogen and oxygen atoms in total. The van der Waals surface area contributed by atoms with Gasteiger partial charge in [-0.05, 0) is 24.1 Å². The second-order valence-corrected chi connectivity index (χ2v) is 4.82. The third kappa shape index (κ3) is 3.57. The van der Waals surface area contributed by atoms with Crippen molar-refractivity contribution in [2.24, 2.45) is 0 Å². The van der Waals surface area contributed by atoms with E-state index in [2.05, 4.69) is 15.9 Å². The van der Waals surface area contributed by atoms with Gasteiger partial charge in [-0.25, -0.2) is 13.6 Å². The van der Waals surface area contributed by atoms with Crippen molar-refractivity contribution in [2.45, 2.75) is 24.3 Å². The number of carbonyl (C=O) groups excluding carboxylic acids is 1. The molecular weight excluding hydrogens is 326 g/mol. The Hall–Kier alpha value is -1.34. The number of carboxylic acids is 1. The van der Waals surface area contributed by atoms with Crippen LogP contribution in [-0.2, 0) is 9.59 Å².